The number of nitrogens with one attached hydrogen (secondary N) is 1. The van der Waals surface area contributed by atoms with Crippen molar-refractivity contribution in [3.63, 3.8) is 0 Å². The van der Waals surface area contributed by atoms with Gasteiger partial charge in [0.05, 0.1) is 19.6 Å². The predicted octanol–water partition coefficient (Wildman–Crippen LogP) is 2.80. The first-order valence-electron chi connectivity index (χ1n) is 6.31. The number of aromatic hydroxyl groups is 1. The van der Waals surface area contributed by atoms with Crippen molar-refractivity contribution in [2.45, 2.75) is 0 Å². The molecule has 2 aromatic heterocycles. The first kappa shape index (κ1) is 14.1. The van der Waals surface area contributed by atoms with E-state index in [2.05, 4.69) is 15.3 Å². The number of H-pyrrole nitrogens is 1. The topological polar surface area (TPSA) is 88.6 Å². The maximum atomic E-state index is 9.86. The zero-order valence-corrected chi connectivity index (χ0v) is 12.4. The number of aromatic nitrogens is 3. The van der Waals surface area contributed by atoms with Crippen LogP contribution in [0.25, 0.3) is 11.6 Å². The van der Waals surface area contributed by atoms with E-state index in [-0.39, 0.29) is 5.75 Å². The largest absolute Gasteiger partial charge is 0.507 e. The number of rotatable bonds is 4. The molecule has 0 bridgehead atoms. The number of nitrogens with zero attached hydrogens (tertiary/aromatic N) is 3. The maximum Gasteiger partial charge on any atom is 0.219 e. The third kappa shape index (κ3) is 2.63. The van der Waals surface area contributed by atoms with E-state index in [9.17, 15) is 5.11 Å². The molecule has 8 heteroatoms. The van der Waals surface area contributed by atoms with Crippen molar-refractivity contribution in [2.24, 2.45) is 5.10 Å². The van der Waals surface area contributed by atoms with Gasteiger partial charge in [0.15, 0.2) is 5.76 Å². The predicted molar refractivity (Wildman–Crippen MR) is 82.8 cm³/mol. The van der Waals surface area contributed by atoms with E-state index in [1.165, 1.54) is 23.2 Å². The minimum Gasteiger partial charge on any atom is -0.507 e. The van der Waals surface area contributed by atoms with Gasteiger partial charge in [-0.3, -0.25) is 0 Å². The summed E-state index contributed by atoms with van der Waals surface area (Å²) >= 11 is 5.15. The Morgan fingerprint density at radius 2 is 2.32 bits per heavy atom. The van der Waals surface area contributed by atoms with Crippen molar-refractivity contribution in [1.82, 2.24) is 14.9 Å². The second-order valence-electron chi connectivity index (χ2n) is 4.31. The molecule has 3 rings (SSSR count). The van der Waals surface area contributed by atoms with Gasteiger partial charge >= 0.3 is 0 Å². The minimum absolute atomic E-state index is 0.0825. The molecule has 0 unspecified atom stereocenters. The summed E-state index contributed by atoms with van der Waals surface area (Å²) in [5, 5.41) is 20.8. The van der Waals surface area contributed by atoms with Gasteiger partial charge in [0.1, 0.15) is 11.5 Å². The van der Waals surface area contributed by atoms with Crippen LogP contribution >= 0.6 is 12.2 Å². The highest BCUT2D eigenvalue weighted by molar-refractivity contribution is 7.71. The number of furan rings is 1. The van der Waals surface area contributed by atoms with E-state index in [0.717, 1.165) is 0 Å². The fraction of sp³-hybridized carbons (Fsp3) is 0.0714. The van der Waals surface area contributed by atoms with E-state index in [1.807, 2.05) is 0 Å². The van der Waals surface area contributed by atoms with Crippen LogP contribution < -0.4 is 4.74 Å². The quantitative estimate of drug-likeness (QED) is 0.571. The first-order valence-corrected chi connectivity index (χ1v) is 6.72. The second-order valence-corrected chi connectivity index (χ2v) is 4.70. The lowest BCUT2D eigenvalue weighted by molar-refractivity contribution is 0.412. The maximum absolute atomic E-state index is 9.86. The van der Waals surface area contributed by atoms with Crippen LogP contribution in [0.15, 0.2) is 46.1 Å². The molecule has 0 aliphatic rings. The van der Waals surface area contributed by atoms with Crippen LogP contribution in [0.1, 0.15) is 5.56 Å². The van der Waals surface area contributed by atoms with Crippen LogP contribution in [0.4, 0.5) is 0 Å². The summed E-state index contributed by atoms with van der Waals surface area (Å²) in [6.07, 6.45) is 3.00. The highest BCUT2D eigenvalue weighted by Gasteiger charge is 2.10. The summed E-state index contributed by atoms with van der Waals surface area (Å²) in [4.78, 5) is 0. The van der Waals surface area contributed by atoms with Crippen molar-refractivity contribution < 1.29 is 14.3 Å². The third-order valence-electron chi connectivity index (χ3n) is 2.94. The fourth-order valence-electron chi connectivity index (χ4n) is 1.85. The van der Waals surface area contributed by atoms with Gasteiger partial charge < -0.3 is 14.3 Å². The SMILES string of the molecule is COc1ccc(O)c(/C=N/n2c(-c3ccco3)n[nH]c2=S)c1. The molecule has 0 amide bonds. The van der Waals surface area contributed by atoms with Gasteiger partial charge in [-0.25, -0.2) is 5.10 Å². The normalized spacial score (nSPS) is 11.1. The summed E-state index contributed by atoms with van der Waals surface area (Å²) in [7, 11) is 1.55. The van der Waals surface area contributed by atoms with Crippen molar-refractivity contribution in [3.8, 4) is 23.1 Å². The summed E-state index contributed by atoms with van der Waals surface area (Å²) in [5.74, 6) is 1.66. The molecule has 0 aliphatic heterocycles. The van der Waals surface area contributed by atoms with Crippen LogP contribution in [-0.2, 0) is 0 Å². The van der Waals surface area contributed by atoms with Gasteiger partial charge in [0.2, 0.25) is 10.6 Å². The van der Waals surface area contributed by atoms with Gasteiger partial charge in [-0.15, -0.1) is 5.10 Å². The smallest absolute Gasteiger partial charge is 0.219 e. The van der Waals surface area contributed by atoms with Crippen molar-refractivity contribution in [3.05, 3.63) is 46.9 Å². The fourth-order valence-corrected chi connectivity index (χ4v) is 2.03. The minimum atomic E-state index is 0.0825. The van der Waals surface area contributed by atoms with Crippen LogP contribution in [-0.4, -0.2) is 33.3 Å². The number of benzene rings is 1. The van der Waals surface area contributed by atoms with Gasteiger partial charge in [-0.2, -0.15) is 9.78 Å². The first-order chi connectivity index (χ1) is 10.7. The lowest BCUT2D eigenvalue weighted by Crippen LogP contribution is -1.95. The van der Waals surface area contributed by atoms with E-state index in [4.69, 9.17) is 21.4 Å². The molecule has 0 radical (unpaired) electrons. The van der Waals surface area contributed by atoms with Crippen LogP contribution in [0.5, 0.6) is 11.5 Å². The zero-order valence-electron chi connectivity index (χ0n) is 11.6. The van der Waals surface area contributed by atoms with Gasteiger partial charge in [0.25, 0.3) is 0 Å². The number of hydrogen-bond acceptors (Lipinski definition) is 6. The van der Waals surface area contributed by atoms with E-state index in [0.29, 0.717) is 27.7 Å². The average Bonchev–Trinajstić information content (AvgIpc) is 3.16. The van der Waals surface area contributed by atoms with Crippen LogP contribution in [0.3, 0.4) is 0 Å². The number of methoxy groups -OCH3 is 1. The summed E-state index contributed by atoms with van der Waals surface area (Å²) in [5.41, 5.74) is 0.493. The number of ether oxygens (including phenoxy) is 1. The molecule has 1 aromatic carbocycles. The van der Waals surface area contributed by atoms with Gasteiger partial charge in [-0.05, 0) is 42.5 Å². The molecule has 0 spiro atoms. The summed E-state index contributed by atoms with van der Waals surface area (Å²) < 4.78 is 12.1. The average molecular weight is 316 g/mol. The monoisotopic (exact) mass is 316 g/mol. The van der Waals surface area contributed by atoms with E-state index < -0.39 is 0 Å². The molecule has 2 heterocycles. The van der Waals surface area contributed by atoms with Gasteiger partial charge in [-0.1, -0.05) is 0 Å². The second kappa shape index (κ2) is 5.86. The summed E-state index contributed by atoms with van der Waals surface area (Å²) in [6, 6.07) is 8.34. The van der Waals surface area contributed by atoms with E-state index >= 15 is 0 Å². The Labute approximate surface area is 130 Å². The lowest BCUT2D eigenvalue weighted by Gasteiger charge is -2.03. The van der Waals surface area contributed by atoms with E-state index in [1.54, 1.807) is 31.4 Å². The number of aromatic amines is 1. The molecule has 0 saturated heterocycles. The molecular formula is C14H12N4O3S. The molecule has 0 fully saturated rings. The Kier molecular flexibility index (Phi) is 3.75. The lowest BCUT2D eigenvalue weighted by atomic mass is 10.2. The van der Waals surface area contributed by atoms with Crippen molar-refractivity contribution >= 4 is 18.4 Å². The molecule has 7 nitrogen and oxygen atoms in total. The molecule has 3 aromatic rings. The Bertz CT molecular complexity index is 865. The standard InChI is InChI=1S/C14H12N4O3S/c1-20-10-4-5-11(19)9(7-10)8-15-18-13(16-17-14(18)22)12-3-2-6-21-12/h2-8,19H,1H3,(H,17,22)/b15-8+. The molecule has 22 heavy (non-hydrogen) atoms. The Morgan fingerprint density at radius 3 is 3.05 bits per heavy atom. The Balaban J connectivity index is 2.00. The molecule has 0 aliphatic carbocycles. The molecule has 112 valence electrons. The Hall–Kier alpha value is -2.87. The molecule has 2 N–H and O–H groups in total. The highest BCUT2D eigenvalue weighted by Crippen LogP contribution is 2.22. The molecule has 0 atom stereocenters. The van der Waals surface area contributed by atoms with Crippen molar-refractivity contribution in [2.75, 3.05) is 7.11 Å². The number of phenolic OH excluding ortho intramolecular Hbond substituents is 1. The molecular weight excluding hydrogens is 304 g/mol. The highest BCUT2D eigenvalue weighted by atomic mass is 32.1. The van der Waals surface area contributed by atoms with Crippen LogP contribution in [0.2, 0.25) is 0 Å². The van der Waals surface area contributed by atoms with Crippen molar-refractivity contribution in [1.29, 1.82) is 0 Å². The summed E-state index contributed by atoms with van der Waals surface area (Å²) in [6.45, 7) is 0. The van der Waals surface area contributed by atoms with Crippen LogP contribution in [0, 0.1) is 4.77 Å². The Morgan fingerprint density at radius 1 is 1.45 bits per heavy atom. The number of phenols is 1. The number of hydrogen-bond donors (Lipinski definition) is 2. The van der Waals surface area contributed by atoms with Gasteiger partial charge in [0, 0.05) is 5.56 Å². The zero-order chi connectivity index (χ0) is 15.5. The third-order valence-corrected chi connectivity index (χ3v) is 3.20. The molecule has 0 saturated carbocycles.